The van der Waals surface area contributed by atoms with Crippen LogP contribution in [0.2, 0.25) is 0 Å². The first-order valence-corrected chi connectivity index (χ1v) is 12.3. The van der Waals surface area contributed by atoms with Gasteiger partial charge in [0.05, 0.1) is 19.8 Å². The monoisotopic (exact) mass is 748 g/mol. The maximum absolute atomic E-state index is 12.1. The molecule has 6 rings (SSSR count). The molecule has 0 atom stereocenters. The van der Waals surface area contributed by atoms with Gasteiger partial charge in [-0.2, -0.15) is 72.8 Å². The van der Waals surface area contributed by atoms with Crippen LogP contribution in [-0.2, 0) is 40.4 Å². The molecule has 0 saturated heterocycles. The van der Waals surface area contributed by atoms with Crippen molar-refractivity contribution in [2.24, 2.45) is 14.1 Å². The summed E-state index contributed by atoms with van der Waals surface area (Å²) in [5.41, 5.74) is 4.75. The number of benzene rings is 2. The zero-order chi connectivity index (χ0) is 29.4. The Balaban J connectivity index is 0.000000171. The van der Waals surface area contributed by atoms with Crippen LogP contribution < -0.4 is 14.2 Å². The molecule has 0 aliphatic carbocycles. The summed E-state index contributed by atoms with van der Waals surface area (Å²) in [4.78, 5) is 7.05. The van der Waals surface area contributed by atoms with Gasteiger partial charge in [0.1, 0.15) is 5.82 Å². The van der Waals surface area contributed by atoms with Crippen LogP contribution in [-0.4, -0.2) is 24.2 Å². The summed E-state index contributed by atoms with van der Waals surface area (Å²) in [6.45, 7) is 4.11. The van der Waals surface area contributed by atoms with Crippen LogP contribution in [0.1, 0.15) is 17.0 Å². The van der Waals surface area contributed by atoms with Crippen molar-refractivity contribution >= 4 is 0 Å². The molecule has 8 nitrogen and oxygen atoms in total. The van der Waals surface area contributed by atoms with Gasteiger partial charge in [0.25, 0.3) is 0 Å². The molecule has 0 N–H and O–H groups in total. The second-order valence-electron chi connectivity index (χ2n) is 8.93. The van der Waals surface area contributed by atoms with Crippen molar-refractivity contribution in [3.05, 3.63) is 127 Å². The Morgan fingerprint density at radius 2 is 1.36 bits per heavy atom. The Bertz CT molecular complexity index is 1570. The minimum Gasteiger partial charge on any atom is -0.413 e. The zero-order valence-electron chi connectivity index (χ0n) is 23.1. The molecule has 0 amide bonds. The van der Waals surface area contributed by atoms with Crippen LogP contribution in [0.3, 0.4) is 0 Å². The van der Waals surface area contributed by atoms with E-state index in [2.05, 4.69) is 70.9 Å². The minimum atomic E-state index is -4.57. The molecular weight excluding hydrogens is 722 g/mol. The SMILES string of the molecule is Cc1c[c-]c(-n2[c-][n+](C)cc2)cc1.Cc1c[c-]c(-n2[c-][n+](C)cc2)cc1.FC(F)(F)c1n[n-]c(-c2ccccn2)n1.[Ir]. The first-order chi connectivity index (χ1) is 19.6. The van der Waals surface area contributed by atoms with Gasteiger partial charge in [-0.15, -0.1) is 0 Å². The van der Waals surface area contributed by atoms with Gasteiger partial charge in [0, 0.05) is 51.1 Å². The fourth-order valence-corrected chi connectivity index (χ4v) is 3.33. The Kier molecular flexibility index (Phi) is 11.1. The van der Waals surface area contributed by atoms with Crippen molar-refractivity contribution in [1.29, 1.82) is 0 Å². The number of halogens is 3. The fraction of sp³-hybridized carbons (Fsp3) is 0.167. The van der Waals surface area contributed by atoms with E-state index in [1.807, 2.05) is 81.4 Å². The number of pyridine rings is 1. The number of aryl methyl sites for hydroxylation is 4. The van der Waals surface area contributed by atoms with E-state index in [1.54, 1.807) is 12.1 Å². The van der Waals surface area contributed by atoms with E-state index in [9.17, 15) is 13.2 Å². The predicted octanol–water partition coefficient (Wildman–Crippen LogP) is 3.93. The van der Waals surface area contributed by atoms with E-state index in [1.165, 1.54) is 23.4 Å². The van der Waals surface area contributed by atoms with Gasteiger partial charge in [-0.05, 0) is 18.0 Å². The standard InChI is InChI=1S/2C11H11N2.C8H4F3N4.Ir/c2*1-10-3-5-11(6-4-10)13-8-7-12(2)9-13;9-8(10,11)7-13-6(14-15-7)5-3-1-2-4-12-5;/h2*3-5,7-8H,1-2H3;1-4H;/q3*-1;. The molecule has 4 heterocycles. The molecule has 0 fully saturated rings. The zero-order valence-corrected chi connectivity index (χ0v) is 25.5. The van der Waals surface area contributed by atoms with Crippen molar-refractivity contribution in [3.8, 4) is 22.9 Å². The van der Waals surface area contributed by atoms with Gasteiger partial charge in [-0.3, -0.25) is 10.1 Å². The molecular formula is C30H26F3IrN8-3. The normalized spacial score (nSPS) is 10.5. The first-order valence-electron chi connectivity index (χ1n) is 12.3. The first kappa shape index (κ1) is 32.1. The predicted molar refractivity (Wildman–Crippen MR) is 142 cm³/mol. The third kappa shape index (κ3) is 9.05. The van der Waals surface area contributed by atoms with Crippen LogP contribution in [0.5, 0.6) is 0 Å². The van der Waals surface area contributed by atoms with E-state index in [4.69, 9.17) is 0 Å². The Morgan fingerprint density at radius 1 is 0.810 bits per heavy atom. The molecule has 42 heavy (non-hydrogen) atoms. The van der Waals surface area contributed by atoms with E-state index < -0.39 is 12.0 Å². The Labute approximate surface area is 255 Å². The summed E-state index contributed by atoms with van der Waals surface area (Å²) in [6.07, 6.45) is 10.9. The number of rotatable bonds is 3. The molecule has 12 heteroatoms. The molecule has 4 aromatic heterocycles. The smallest absolute Gasteiger partial charge is 0.413 e. The number of imidazole rings is 2. The van der Waals surface area contributed by atoms with Gasteiger partial charge in [-0.25, -0.2) is 0 Å². The molecule has 0 saturated carbocycles. The Morgan fingerprint density at radius 3 is 1.71 bits per heavy atom. The number of hydrogen-bond acceptors (Lipinski definition) is 3. The van der Waals surface area contributed by atoms with E-state index >= 15 is 0 Å². The van der Waals surface area contributed by atoms with Gasteiger partial charge >= 0.3 is 6.18 Å². The van der Waals surface area contributed by atoms with Crippen molar-refractivity contribution in [2.75, 3.05) is 0 Å². The van der Waals surface area contributed by atoms with Gasteiger partial charge in [-0.1, -0.05) is 31.3 Å². The van der Waals surface area contributed by atoms with Crippen LogP contribution in [0, 0.1) is 38.6 Å². The molecule has 0 unspecified atom stereocenters. The molecule has 1 radical (unpaired) electrons. The summed E-state index contributed by atoms with van der Waals surface area (Å²) in [6, 6.07) is 23.3. The topological polar surface area (TPSA) is 70.4 Å². The fourth-order valence-electron chi connectivity index (χ4n) is 3.33. The molecule has 6 aromatic rings. The van der Waals surface area contributed by atoms with E-state index in [0.29, 0.717) is 0 Å². The number of nitrogens with zero attached hydrogens (tertiary/aromatic N) is 8. The van der Waals surface area contributed by atoms with Crippen LogP contribution in [0.4, 0.5) is 13.2 Å². The van der Waals surface area contributed by atoms with Crippen LogP contribution in [0.25, 0.3) is 22.9 Å². The molecule has 2 aromatic carbocycles. The maximum Gasteiger partial charge on any atom is 0.429 e. The second kappa shape index (κ2) is 14.5. The molecule has 0 aliphatic rings. The molecule has 0 spiro atoms. The summed E-state index contributed by atoms with van der Waals surface area (Å²) >= 11 is 0. The largest absolute Gasteiger partial charge is 0.429 e. The van der Waals surface area contributed by atoms with Crippen molar-refractivity contribution in [1.82, 2.24) is 29.3 Å². The molecule has 0 aliphatic heterocycles. The average molecular weight is 748 g/mol. The molecule has 219 valence electrons. The quantitative estimate of drug-likeness (QED) is 0.204. The summed E-state index contributed by atoms with van der Waals surface area (Å²) in [7, 11) is 3.90. The third-order valence-corrected chi connectivity index (χ3v) is 5.43. The minimum absolute atomic E-state index is 0. The number of aromatic nitrogens is 8. The number of hydrogen-bond donors (Lipinski definition) is 0. The van der Waals surface area contributed by atoms with E-state index in [-0.39, 0.29) is 31.6 Å². The van der Waals surface area contributed by atoms with Crippen molar-refractivity contribution < 1.29 is 42.4 Å². The van der Waals surface area contributed by atoms with Gasteiger partial charge in [0.15, 0.2) is 0 Å². The summed E-state index contributed by atoms with van der Waals surface area (Å²) in [5.74, 6) is -1.37. The average Bonchev–Trinajstić information content (AvgIpc) is 3.72. The van der Waals surface area contributed by atoms with Gasteiger partial charge < -0.3 is 28.4 Å². The number of alkyl halides is 3. The maximum atomic E-state index is 12.1. The van der Waals surface area contributed by atoms with Crippen LogP contribution >= 0.6 is 0 Å². The third-order valence-electron chi connectivity index (χ3n) is 5.43. The summed E-state index contributed by atoms with van der Waals surface area (Å²) in [5, 5.41) is 6.25. The summed E-state index contributed by atoms with van der Waals surface area (Å²) < 4.78 is 44.0. The van der Waals surface area contributed by atoms with Crippen molar-refractivity contribution in [2.45, 2.75) is 20.0 Å². The van der Waals surface area contributed by atoms with Crippen LogP contribution in [0.15, 0.2) is 85.6 Å². The molecule has 0 bridgehead atoms. The van der Waals surface area contributed by atoms with E-state index in [0.717, 1.165) is 11.4 Å². The van der Waals surface area contributed by atoms with Crippen molar-refractivity contribution in [3.63, 3.8) is 0 Å². The second-order valence-corrected chi connectivity index (χ2v) is 8.93. The Hall–Kier alpha value is -4.41. The van der Waals surface area contributed by atoms with Gasteiger partial charge in [0.2, 0.25) is 12.7 Å².